The molecule has 0 saturated carbocycles. The second-order valence-electron chi connectivity index (χ2n) is 17.2. The lowest BCUT2D eigenvalue weighted by Gasteiger charge is -2.14. The van der Waals surface area contributed by atoms with E-state index in [4.69, 9.17) is 15.2 Å². The van der Waals surface area contributed by atoms with E-state index < -0.39 is 195 Å². The number of phenolic OH excluding ortho intramolecular Hbond substituents is 3. The van der Waals surface area contributed by atoms with Gasteiger partial charge in [-0.3, -0.25) is 31.9 Å². The summed E-state index contributed by atoms with van der Waals surface area (Å²) in [7, 11) is -35.5. The topological polar surface area (TPSA) is 585 Å². The highest BCUT2D eigenvalue weighted by Crippen LogP contribution is 2.50. The number of benzene rings is 8. The summed E-state index contributed by atoms with van der Waals surface area (Å²) in [6, 6.07) is 11.8. The Labute approximate surface area is 482 Å². The summed E-state index contributed by atoms with van der Waals surface area (Å²) in [5.41, 5.74) is -2.16. The Kier molecular flexibility index (Phi) is 16.3. The van der Waals surface area contributed by atoms with Crippen molar-refractivity contribution in [3.05, 3.63) is 91.0 Å². The number of aromatic hydroxyl groups is 3. The van der Waals surface area contributed by atoms with Gasteiger partial charge in [0.1, 0.15) is 85.6 Å². The highest BCUT2D eigenvalue weighted by Gasteiger charge is 2.31. The summed E-state index contributed by atoms with van der Waals surface area (Å²) in [4.78, 5) is -8.35. The van der Waals surface area contributed by atoms with Gasteiger partial charge in [0.25, 0.3) is 70.8 Å². The zero-order valence-electron chi connectivity index (χ0n) is 42.2. The predicted octanol–water partition coefficient (Wildman–Crippen LogP) is 8.25. The van der Waals surface area contributed by atoms with Gasteiger partial charge in [-0.05, 0) is 95.0 Å². The maximum atomic E-state index is 12.9. The molecule has 0 atom stereocenters. The van der Waals surface area contributed by atoms with Gasteiger partial charge >= 0.3 is 0 Å². The van der Waals surface area contributed by atoms with Crippen molar-refractivity contribution in [2.24, 2.45) is 40.9 Å². The lowest BCUT2D eigenvalue weighted by atomic mass is 10.0. The van der Waals surface area contributed by atoms with Crippen molar-refractivity contribution in [3.8, 4) is 28.7 Å². The number of nitrogens with zero attached hydrogens (tertiary/aromatic N) is 8. The molecule has 86 heavy (non-hydrogen) atoms. The van der Waals surface area contributed by atoms with Gasteiger partial charge < -0.3 is 30.5 Å². The quantitative estimate of drug-likeness (QED) is 0.0232. The van der Waals surface area contributed by atoms with E-state index in [9.17, 15) is 106 Å². The van der Waals surface area contributed by atoms with Crippen LogP contribution in [-0.2, 0) is 70.8 Å². The molecule has 0 aromatic heterocycles. The fourth-order valence-electron chi connectivity index (χ4n) is 7.98. The Morgan fingerprint density at radius 1 is 0.337 bits per heavy atom. The maximum absolute atomic E-state index is 12.9. The van der Waals surface area contributed by atoms with Crippen LogP contribution in [0, 0.1) is 0 Å². The first-order valence-electron chi connectivity index (χ1n) is 22.2. The molecule has 0 aliphatic rings. The maximum Gasteiger partial charge on any atom is 0.296 e. The monoisotopic (exact) mass is 1330 g/mol. The van der Waals surface area contributed by atoms with E-state index >= 15 is 0 Å². The number of ether oxygens (including phenoxy) is 2. The third kappa shape index (κ3) is 12.7. The first-order chi connectivity index (χ1) is 39.6. The number of phenols is 3. The van der Waals surface area contributed by atoms with Crippen LogP contribution in [0.1, 0.15) is 0 Å². The van der Waals surface area contributed by atoms with Crippen LogP contribution in [0.25, 0.3) is 32.3 Å². The fourth-order valence-corrected chi connectivity index (χ4v) is 12.5. The molecule has 8 aromatic carbocycles. The van der Waals surface area contributed by atoms with Gasteiger partial charge in [0, 0.05) is 22.9 Å². The minimum absolute atomic E-state index is 0.0688. The molecule has 0 bridgehead atoms. The predicted molar refractivity (Wildman–Crippen MR) is 293 cm³/mol. The SMILES string of the molecule is COc1ccc(/N=N\c2c(S(=O)(=O)O)cc3cc(/N=N\c4c(S(=O)(=O)O)cc5cc(S(=O)(=O)O)c(N=Nc6cc7c(O)c(/N=N\c8ccc(OC)cc8S(=O)(=O)O)c(S(=O)(=O)O)cc7cc6S(=O)(=O)O)c(N)c5c4O)ccc3c2O)c(S(=O)(=O)O)c1. The van der Waals surface area contributed by atoms with Crippen molar-refractivity contribution < 1.29 is 116 Å². The highest BCUT2D eigenvalue weighted by molar-refractivity contribution is 7.87. The van der Waals surface area contributed by atoms with E-state index in [0.717, 1.165) is 55.6 Å². The van der Waals surface area contributed by atoms with Gasteiger partial charge in [-0.15, -0.1) is 35.8 Å². The molecular formula is C44H33N9O26S7. The zero-order chi connectivity index (χ0) is 63.8. The molecule has 8 rings (SSSR count). The van der Waals surface area contributed by atoms with Crippen LogP contribution in [0.5, 0.6) is 28.7 Å². The molecule has 0 saturated heterocycles. The van der Waals surface area contributed by atoms with Crippen LogP contribution in [0.15, 0.2) is 166 Å². The van der Waals surface area contributed by atoms with Crippen molar-refractivity contribution in [1.29, 1.82) is 0 Å². The van der Waals surface area contributed by atoms with E-state index in [2.05, 4.69) is 40.9 Å². The summed E-state index contributed by atoms with van der Waals surface area (Å²) in [6.07, 6.45) is 0. The Hall–Kier alpha value is -8.89. The number of rotatable bonds is 17. The summed E-state index contributed by atoms with van der Waals surface area (Å²) in [5, 5.41) is 59.9. The van der Waals surface area contributed by atoms with E-state index in [-0.39, 0.29) is 22.3 Å². The van der Waals surface area contributed by atoms with Gasteiger partial charge in [0.05, 0.1) is 31.0 Å². The van der Waals surface area contributed by atoms with Gasteiger partial charge in [-0.2, -0.15) is 64.0 Å². The van der Waals surface area contributed by atoms with E-state index in [1.807, 2.05) is 0 Å². The number of methoxy groups -OCH3 is 2. The van der Waals surface area contributed by atoms with Crippen LogP contribution in [0.2, 0.25) is 0 Å². The molecule has 0 aliphatic carbocycles. The lowest BCUT2D eigenvalue weighted by Crippen LogP contribution is -2.04. The molecule has 0 unspecified atom stereocenters. The number of nitrogen functional groups attached to an aromatic ring is 1. The van der Waals surface area contributed by atoms with Crippen molar-refractivity contribution in [2.45, 2.75) is 34.3 Å². The lowest BCUT2D eigenvalue weighted by molar-refractivity contribution is 0.412. The van der Waals surface area contributed by atoms with Crippen LogP contribution in [0.3, 0.4) is 0 Å². The summed E-state index contributed by atoms with van der Waals surface area (Å²) in [5.74, 6) is -3.91. The molecule has 0 spiro atoms. The molecule has 35 nitrogen and oxygen atoms in total. The molecule has 12 N–H and O–H groups in total. The Morgan fingerprint density at radius 2 is 0.674 bits per heavy atom. The van der Waals surface area contributed by atoms with E-state index in [1.54, 1.807) is 0 Å². The summed E-state index contributed by atoms with van der Waals surface area (Å²) < 4.78 is 257. The third-order valence-electron chi connectivity index (χ3n) is 11.8. The highest BCUT2D eigenvalue weighted by atomic mass is 32.2. The number of nitrogens with two attached hydrogens (primary N) is 1. The zero-order valence-corrected chi connectivity index (χ0v) is 47.9. The van der Waals surface area contributed by atoms with Gasteiger partial charge in [0.15, 0.2) is 17.2 Å². The van der Waals surface area contributed by atoms with Gasteiger partial charge in [0.2, 0.25) is 0 Å². The molecule has 0 radical (unpaired) electrons. The minimum atomic E-state index is -5.64. The van der Waals surface area contributed by atoms with Crippen LogP contribution in [0.4, 0.5) is 51.2 Å². The van der Waals surface area contributed by atoms with Crippen LogP contribution < -0.4 is 15.2 Å². The average molecular weight is 1330 g/mol. The number of fused-ring (bicyclic) bond motifs is 3. The molecule has 8 aromatic rings. The molecular weight excluding hydrogens is 1290 g/mol. The van der Waals surface area contributed by atoms with Crippen molar-refractivity contribution in [3.63, 3.8) is 0 Å². The minimum Gasteiger partial charge on any atom is -0.505 e. The summed E-state index contributed by atoms with van der Waals surface area (Å²) in [6.45, 7) is 0. The first kappa shape index (κ1) is 63.1. The van der Waals surface area contributed by atoms with Gasteiger partial charge in [-0.1, -0.05) is 0 Å². The van der Waals surface area contributed by atoms with Crippen molar-refractivity contribution in [1.82, 2.24) is 0 Å². The molecule has 452 valence electrons. The second-order valence-corrected chi connectivity index (χ2v) is 26.9. The van der Waals surface area contributed by atoms with Crippen LogP contribution in [-0.4, -0.2) is 120 Å². The molecule has 0 aliphatic heterocycles. The average Bonchev–Trinajstić information content (AvgIpc) is 0.968. The van der Waals surface area contributed by atoms with Gasteiger partial charge in [-0.25, -0.2) is 0 Å². The Bertz CT molecular complexity index is 5280. The number of anilines is 1. The molecule has 0 amide bonds. The normalized spacial score (nSPS) is 13.4. The number of hydrogen-bond acceptors (Lipinski definition) is 28. The van der Waals surface area contributed by atoms with Crippen LogP contribution >= 0.6 is 0 Å². The standard InChI is InChI=1S/C44H33N9O26S7/c1-78-22-4-7-26(30(15-22)81(60,61)62)47-52-39-33(84(69,70)71)11-18-9-21(3-6-24(18)42(39)54)46-51-41-35(86(75,76)77)14-20-13-32(83(66,67)68)38(37(45)36(20)44(41)56)50-49-28-17-25-19(10-29(28)80(57,58)59)12-34(85(72,73)74)40(43(25)55)53-48-27-8-5-23(79-2)16-31(27)82(63,64)65/h3-17,54-56H,45H2,1-2H3,(H,57,58,59)(H,60,61,62)(H,63,64,65)(H,66,67,68)(H,69,70,71)(H,72,73,74)(H,75,76,77)/b50-49?,51-46-,52-47-,53-48-. The first-order valence-corrected chi connectivity index (χ1v) is 32.3. The largest absolute Gasteiger partial charge is 0.505 e. The Balaban J connectivity index is 1.28. The molecule has 42 heteroatoms. The number of hydrogen-bond donors (Lipinski definition) is 11. The number of azo groups is 4. The Morgan fingerprint density at radius 3 is 1.10 bits per heavy atom. The van der Waals surface area contributed by atoms with Crippen molar-refractivity contribution in [2.75, 3.05) is 20.0 Å². The second kappa shape index (κ2) is 22.2. The molecule has 0 fully saturated rings. The van der Waals surface area contributed by atoms with E-state index in [1.165, 1.54) is 13.2 Å². The fraction of sp³-hybridized carbons (Fsp3) is 0.0455. The smallest absolute Gasteiger partial charge is 0.296 e. The third-order valence-corrected chi connectivity index (χ3v) is 17.9. The summed E-state index contributed by atoms with van der Waals surface area (Å²) >= 11 is 0. The molecule has 0 heterocycles. The van der Waals surface area contributed by atoms with E-state index in [0.29, 0.717) is 36.4 Å². The van der Waals surface area contributed by atoms with Crippen molar-refractivity contribution >= 4 is 154 Å².